The second kappa shape index (κ2) is 9.98. The van der Waals surface area contributed by atoms with Gasteiger partial charge in [-0.25, -0.2) is 0 Å². The Labute approximate surface area is 134 Å². The Morgan fingerprint density at radius 2 is 1.73 bits per heavy atom. The predicted molar refractivity (Wildman–Crippen MR) is 89.6 cm³/mol. The minimum Gasteiger partial charge on any atom is -0.344 e. The van der Waals surface area contributed by atoms with E-state index in [0.717, 1.165) is 32.2 Å². The van der Waals surface area contributed by atoms with E-state index >= 15 is 0 Å². The first-order valence-electron chi connectivity index (χ1n) is 8.08. The van der Waals surface area contributed by atoms with Crippen LogP contribution in [-0.4, -0.2) is 48.3 Å². The Morgan fingerprint density at radius 3 is 2.32 bits per heavy atom. The number of hydrogen-bond donors (Lipinski definition) is 0. The van der Waals surface area contributed by atoms with E-state index in [-0.39, 0.29) is 18.4 Å². The highest BCUT2D eigenvalue weighted by molar-refractivity contribution is 5.83. The fraction of sp³-hybridized carbons (Fsp3) is 0.556. The van der Waals surface area contributed by atoms with Crippen LogP contribution in [-0.2, 0) is 16.0 Å². The Hall–Kier alpha value is -1.84. The van der Waals surface area contributed by atoms with Crippen molar-refractivity contribution in [1.29, 1.82) is 0 Å². The lowest BCUT2D eigenvalue weighted by molar-refractivity contribution is -0.138. The summed E-state index contributed by atoms with van der Waals surface area (Å²) < 4.78 is 0. The number of aryl methyl sites for hydroxylation is 1. The average molecular weight is 304 g/mol. The summed E-state index contributed by atoms with van der Waals surface area (Å²) in [5.41, 5.74) is 1.26. The predicted octanol–water partition coefficient (Wildman–Crippen LogP) is 2.73. The zero-order valence-corrected chi connectivity index (χ0v) is 14.0. The average Bonchev–Trinajstić information content (AvgIpc) is 2.52. The molecule has 4 heteroatoms. The zero-order valence-electron chi connectivity index (χ0n) is 14.0. The summed E-state index contributed by atoms with van der Waals surface area (Å²) in [6.07, 6.45) is 3.85. The molecule has 0 heterocycles. The number of unbranched alkanes of at least 4 members (excludes halogenated alkanes) is 1. The van der Waals surface area contributed by atoms with Crippen molar-refractivity contribution in [3.63, 3.8) is 0 Å². The first kappa shape index (κ1) is 18.2. The van der Waals surface area contributed by atoms with Gasteiger partial charge in [0.1, 0.15) is 0 Å². The van der Waals surface area contributed by atoms with Crippen LogP contribution in [0.3, 0.4) is 0 Å². The van der Waals surface area contributed by atoms with Crippen LogP contribution in [0.5, 0.6) is 0 Å². The van der Waals surface area contributed by atoms with E-state index < -0.39 is 0 Å². The van der Waals surface area contributed by atoms with Gasteiger partial charge in [0.05, 0.1) is 6.54 Å². The summed E-state index contributed by atoms with van der Waals surface area (Å²) in [5, 5.41) is 0. The molecule has 0 N–H and O–H groups in total. The molecular weight excluding hydrogens is 276 g/mol. The Kier molecular flexibility index (Phi) is 8.26. The van der Waals surface area contributed by atoms with Crippen molar-refractivity contribution >= 4 is 11.8 Å². The molecule has 1 aromatic rings. The smallest absolute Gasteiger partial charge is 0.241 e. The summed E-state index contributed by atoms with van der Waals surface area (Å²) in [6.45, 7) is 5.19. The molecule has 0 bridgehead atoms. The summed E-state index contributed by atoms with van der Waals surface area (Å²) >= 11 is 0. The lowest BCUT2D eigenvalue weighted by Gasteiger charge is -2.24. The number of hydrogen-bond acceptors (Lipinski definition) is 2. The van der Waals surface area contributed by atoms with E-state index in [1.807, 2.05) is 18.2 Å². The molecule has 0 radical (unpaired) electrons. The minimum absolute atomic E-state index is 0.0170. The van der Waals surface area contributed by atoms with E-state index in [4.69, 9.17) is 0 Å². The van der Waals surface area contributed by atoms with Gasteiger partial charge in [-0.1, -0.05) is 43.7 Å². The van der Waals surface area contributed by atoms with Gasteiger partial charge in [0.15, 0.2) is 0 Å². The summed E-state index contributed by atoms with van der Waals surface area (Å²) in [6, 6.07) is 10.2. The topological polar surface area (TPSA) is 40.6 Å². The molecule has 4 nitrogen and oxygen atoms in total. The zero-order chi connectivity index (χ0) is 16.4. The molecule has 0 aliphatic rings. The van der Waals surface area contributed by atoms with Crippen LogP contribution in [0.25, 0.3) is 0 Å². The molecule has 0 aliphatic heterocycles. The van der Waals surface area contributed by atoms with Crippen molar-refractivity contribution in [2.45, 2.75) is 39.5 Å². The second-order valence-corrected chi connectivity index (χ2v) is 5.70. The molecule has 0 saturated heterocycles. The van der Waals surface area contributed by atoms with Gasteiger partial charge in [-0.15, -0.1) is 0 Å². The fourth-order valence-corrected chi connectivity index (χ4v) is 2.27. The van der Waals surface area contributed by atoms with Crippen molar-refractivity contribution in [3.05, 3.63) is 35.9 Å². The van der Waals surface area contributed by atoms with E-state index in [0.29, 0.717) is 6.54 Å². The first-order valence-corrected chi connectivity index (χ1v) is 8.08. The summed E-state index contributed by atoms with van der Waals surface area (Å²) in [7, 11) is 1.81. The van der Waals surface area contributed by atoms with Gasteiger partial charge < -0.3 is 9.80 Å². The number of benzene rings is 1. The third kappa shape index (κ3) is 6.74. The van der Waals surface area contributed by atoms with Crippen LogP contribution in [0.4, 0.5) is 0 Å². The minimum atomic E-state index is -0.0368. The largest absolute Gasteiger partial charge is 0.344 e. The lowest BCUT2D eigenvalue weighted by Crippen LogP contribution is -2.41. The van der Waals surface area contributed by atoms with Crippen molar-refractivity contribution in [3.8, 4) is 0 Å². The van der Waals surface area contributed by atoms with Gasteiger partial charge in [0.2, 0.25) is 11.8 Å². The number of likely N-dealkylation sites (N-methyl/N-ethyl adjacent to an activating group) is 1. The van der Waals surface area contributed by atoms with Gasteiger partial charge in [-0.05, 0) is 24.8 Å². The van der Waals surface area contributed by atoms with Gasteiger partial charge in [-0.3, -0.25) is 9.59 Å². The Morgan fingerprint density at radius 1 is 1.05 bits per heavy atom. The van der Waals surface area contributed by atoms with E-state index in [1.54, 1.807) is 16.8 Å². The van der Waals surface area contributed by atoms with Crippen molar-refractivity contribution in [2.75, 3.05) is 26.7 Å². The van der Waals surface area contributed by atoms with Gasteiger partial charge in [0.25, 0.3) is 0 Å². The Bertz CT molecular complexity index is 459. The molecule has 0 spiro atoms. The van der Waals surface area contributed by atoms with Crippen LogP contribution < -0.4 is 0 Å². The number of carbonyl (C=O) groups is 2. The molecule has 22 heavy (non-hydrogen) atoms. The molecule has 0 aromatic heterocycles. The number of amides is 2. The molecule has 0 atom stereocenters. The monoisotopic (exact) mass is 304 g/mol. The van der Waals surface area contributed by atoms with Crippen molar-refractivity contribution < 1.29 is 9.59 Å². The highest BCUT2D eigenvalue weighted by atomic mass is 16.2. The van der Waals surface area contributed by atoms with E-state index in [1.165, 1.54) is 12.5 Å². The third-order valence-electron chi connectivity index (χ3n) is 3.78. The maximum atomic E-state index is 12.1. The molecule has 122 valence electrons. The fourth-order valence-electron chi connectivity index (χ4n) is 2.27. The van der Waals surface area contributed by atoms with Crippen LogP contribution in [0.2, 0.25) is 0 Å². The summed E-state index contributed by atoms with van der Waals surface area (Å²) in [4.78, 5) is 27.2. The molecule has 2 amide bonds. The number of carbonyl (C=O) groups excluding carboxylic acids is 2. The van der Waals surface area contributed by atoms with E-state index in [9.17, 15) is 9.59 Å². The molecule has 1 aromatic carbocycles. The SMILES string of the molecule is CCCCN(C)C(=O)CN(CCCc1ccccc1)C(C)=O. The van der Waals surface area contributed by atoms with Crippen LogP contribution >= 0.6 is 0 Å². The van der Waals surface area contributed by atoms with E-state index in [2.05, 4.69) is 19.1 Å². The van der Waals surface area contributed by atoms with Crippen molar-refractivity contribution in [2.24, 2.45) is 0 Å². The van der Waals surface area contributed by atoms with Crippen LogP contribution in [0, 0.1) is 0 Å². The molecule has 0 fully saturated rings. The molecular formula is C18H28N2O2. The highest BCUT2D eigenvalue weighted by Crippen LogP contribution is 2.04. The number of rotatable bonds is 9. The molecule has 1 rings (SSSR count). The van der Waals surface area contributed by atoms with Crippen molar-refractivity contribution in [1.82, 2.24) is 9.80 Å². The maximum Gasteiger partial charge on any atom is 0.241 e. The van der Waals surface area contributed by atoms with Crippen LogP contribution in [0.15, 0.2) is 30.3 Å². The molecule has 0 unspecified atom stereocenters. The lowest BCUT2D eigenvalue weighted by atomic mass is 10.1. The highest BCUT2D eigenvalue weighted by Gasteiger charge is 2.16. The first-order chi connectivity index (χ1) is 10.5. The normalized spacial score (nSPS) is 10.3. The quantitative estimate of drug-likeness (QED) is 0.704. The Balaban J connectivity index is 2.41. The van der Waals surface area contributed by atoms with Gasteiger partial charge in [0, 0.05) is 27.1 Å². The van der Waals surface area contributed by atoms with Gasteiger partial charge >= 0.3 is 0 Å². The molecule has 0 saturated carbocycles. The maximum absolute atomic E-state index is 12.1. The van der Waals surface area contributed by atoms with Crippen LogP contribution in [0.1, 0.15) is 38.7 Å². The third-order valence-corrected chi connectivity index (χ3v) is 3.78. The number of nitrogens with zero attached hydrogens (tertiary/aromatic N) is 2. The second-order valence-electron chi connectivity index (χ2n) is 5.70. The molecule has 0 aliphatic carbocycles. The van der Waals surface area contributed by atoms with Gasteiger partial charge in [-0.2, -0.15) is 0 Å². The standard InChI is InChI=1S/C18H28N2O2/c1-4-5-13-19(3)18(22)15-20(16(2)21)14-9-12-17-10-7-6-8-11-17/h6-8,10-11H,4-5,9,12-15H2,1-3H3. The summed E-state index contributed by atoms with van der Waals surface area (Å²) in [5.74, 6) is -0.0198.